The largest absolute Gasteiger partial charge is 0.394 e. The first-order valence-corrected chi connectivity index (χ1v) is 11.6. The van der Waals surface area contributed by atoms with E-state index < -0.39 is 24.4 Å². The van der Waals surface area contributed by atoms with Crippen molar-refractivity contribution in [1.82, 2.24) is 0 Å². The van der Waals surface area contributed by atoms with Gasteiger partial charge in [-0.15, -0.1) is 0 Å². The van der Waals surface area contributed by atoms with E-state index in [4.69, 9.17) is 14.6 Å². The molecule has 1 rings (SSSR count). The second-order valence-electron chi connectivity index (χ2n) is 8.03. The minimum absolute atomic E-state index is 0.220. The first kappa shape index (κ1) is 25.6. The van der Waals surface area contributed by atoms with Gasteiger partial charge in [0, 0.05) is 6.61 Å². The van der Waals surface area contributed by atoms with Crippen LogP contribution in [0.15, 0.2) is 12.2 Å². The summed E-state index contributed by atoms with van der Waals surface area (Å²) in [4.78, 5) is 0. The van der Waals surface area contributed by atoms with Gasteiger partial charge in [0.25, 0.3) is 0 Å². The monoisotopic (exact) mass is 400 g/mol. The third-order valence-corrected chi connectivity index (χ3v) is 5.50. The quantitative estimate of drug-likeness (QED) is 0.253. The summed E-state index contributed by atoms with van der Waals surface area (Å²) in [7, 11) is 0. The average Bonchev–Trinajstić information content (AvgIpc) is 2.70. The van der Waals surface area contributed by atoms with E-state index in [0.29, 0.717) is 6.61 Å². The van der Waals surface area contributed by atoms with Crippen molar-refractivity contribution in [2.45, 2.75) is 115 Å². The number of hydrogen-bond donors (Lipinski definition) is 3. The van der Waals surface area contributed by atoms with Crippen LogP contribution in [-0.2, 0) is 9.47 Å². The summed E-state index contributed by atoms with van der Waals surface area (Å²) < 4.78 is 11.0. The van der Waals surface area contributed by atoms with E-state index in [1.807, 2.05) is 0 Å². The van der Waals surface area contributed by atoms with Crippen LogP contribution < -0.4 is 0 Å². The number of hydrogen-bond acceptors (Lipinski definition) is 5. The van der Waals surface area contributed by atoms with Crippen molar-refractivity contribution in [2.75, 3.05) is 19.8 Å². The van der Waals surface area contributed by atoms with E-state index in [2.05, 4.69) is 19.1 Å². The minimum atomic E-state index is -1.08. The number of aliphatic hydroxyl groups is 3. The Morgan fingerprint density at radius 3 is 2.00 bits per heavy atom. The molecule has 0 radical (unpaired) electrons. The maximum absolute atomic E-state index is 9.99. The fourth-order valence-corrected chi connectivity index (χ4v) is 3.56. The van der Waals surface area contributed by atoms with Gasteiger partial charge in [0.15, 0.2) is 0 Å². The second kappa shape index (κ2) is 17.4. The molecule has 0 spiro atoms. The molecule has 1 fully saturated rings. The van der Waals surface area contributed by atoms with Gasteiger partial charge in [-0.05, 0) is 25.7 Å². The highest BCUT2D eigenvalue weighted by atomic mass is 16.6. The SMILES string of the molecule is CCCC/C=C/CCCCCCCCCCCO[C@@H]1CO[C@@H](CO)[C@H](O)[C@H]1O. The predicted octanol–water partition coefficient (Wildman–Crippen LogP) is 4.13. The topological polar surface area (TPSA) is 79.2 Å². The van der Waals surface area contributed by atoms with Gasteiger partial charge in [-0.2, -0.15) is 0 Å². The molecule has 0 aliphatic carbocycles. The summed E-state index contributed by atoms with van der Waals surface area (Å²) in [6.45, 7) is 2.74. The maximum Gasteiger partial charge on any atom is 0.111 e. The van der Waals surface area contributed by atoms with Gasteiger partial charge in [0.05, 0.1) is 13.2 Å². The third-order valence-electron chi connectivity index (χ3n) is 5.50. The fourth-order valence-electron chi connectivity index (χ4n) is 3.56. The number of ether oxygens (including phenoxy) is 2. The highest BCUT2D eigenvalue weighted by Gasteiger charge is 2.38. The summed E-state index contributed by atoms with van der Waals surface area (Å²) in [5, 5.41) is 28.9. The lowest BCUT2D eigenvalue weighted by atomic mass is 10.0. The summed E-state index contributed by atoms with van der Waals surface area (Å²) in [5.41, 5.74) is 0. The molecule has 28 heavy (non-hydrogen) atoms. The molecule has 1 aliphatic heterocycles. The van der Waals surface area contributed by atoms with Crippen LogP contribution in [0.5, 0.6) is 0 Å². The Morgan fingerprint density at radius 1 is 0.821 bits per heavy atom. The van der Waals surface area contributed by atoms with Gasteiger partial charge in [0.2, 0.25) is 0 Å². The molecule has 0 bridgehead atoms. The van der Waals surface area contributed by atoms with Crippen molar-refractivity contribution in [3.05, 3.63) is 12.2 Å². The predicted molar refractivity (Wildman–Crippen MR) is 113 cm³/mol. The molecule has 0 aromatic carbocycles. The summed E-state index contributed by atoms with van der Waals surface area (Å²) in [6, 6.07) is 0. The van der Waals surface area contributed by atoms with Gasteiger partial charge >= 0.3 is 0 Å². The Hall–Kier alpha value is -0.460. The minimum Gasteiger partial charge on any atom is -0.394 e. The summed E-state index contributed by atoms with van der Waals surface area (Å²) in [5.74, 6) is 0. The zero-order valence-electron chi connectivity index (χ0n) is 17.9. The zero-order valence-corrected chi connectivity index (χ0v) is 17.9. The van der Waals surface area contributed by atoms with E-state index in [1.165, 1.54) is 70.6 Å². The summed E-state index contributed by atoms with van der Waals surface area (Å²) >= 11 is 0. The molecule has 0 amide bonds. The lowest BCUT2D eigenvalue weighted by Crippen LogP contribution is -2.55. The molecule has 0 aromatic rings. The molecule has 1 aliphatic rings. The molecule has 3 N–H and O–H groups in total. The van der Waals surface area contributed by atoms with Crippen molar-refractivity contribution < 1.29 is 24.8 Å². The van der Waals surface area contributed by atoms with Crippen molar-refractivity contribution in [2.24, 2.45) is 0 Å². The van der Waals surface area contributed by atoms with Gasteiger partial charge in [-0.25, -0.2) is 0 Å². The molecule has 0 unspecified atom stereocenters. The molecule has 5 nitrogen and oxygen atoms in total. The fraction of sp³-hybridized carbons (Fsp3) is 0.913. The first-order valence-electron chi connectivity index (χ1n) is 11.6. The standard InChI is InChI=1S/C23H44O5/c1-2-3-4-5-6-7-8-9-10-11-12-13-14-15-16-17-27-21-19-28-20(18-24)22(25)23(21)26/h5-6,20-26H,2-4,7-19H2,1H3/b6-5+/t20-,21+,22-,23-/m0/s1. The smallest absolute Gasteiger partial charge is 0.111 e. The number of allylic oxidation sites excluding steroid dienone is 2. The van der Waals surface area contributed by atoms with Crippen LogP contribution in [0.1, 0.15) is 90.4 Å². The van der Waals surface area contributed by atoms with E-state index in [-0.39, 0.29) is 13.2 Å². The molecule has 4 atom stereocenters. The van der Waals surface area contributed by atoms with Crippen molar-refractivity contribution in [3.8, 4) is 0 Å². The maximum atomic E-state index is 9.99. The molecule has 166 valence electrons. The second-order valence-corrected chi connectivity index (χ2v) is 8.03. The molecular formula is C23H44O5. The Labute approximate surface area is 172 Å². The molecule has 5 heteroatoms. The van der Waals surface area contributed by atoms with Crippen LogP contribution in [0.25, 0.3) is 0 Å². The van der Waals surface area contributed by atoms with Crippen LogP contribution in [-0.4, -0.2) is 59.6 Å². The highest BCUT2D eigenvalue weighted by Crippen LogP contribution is 2.18. The lowest BCUT2D eigenvalue weighted by molar-refractivity contribution is -0.208. The van der Waals surface area contributed by atoms with Crippen LogP contribution >= 0.6 is 0 Å². The van der Waals surface area contributed by atoms with Gasteiger partial charge in [-0.3, -0.25) is 0 Å². The van der Waals surface area contributed by atoms with Crippen molar-refractivity contribution in [3.63, 3.8) is 0 Å². The lowest BCUT2D eigenvalue weighted by Gasteiger charge is -2.36. The van der Waals surface area contributed by atoms with E-state index in [1.54, 1.807) is 0 Å². The van der Waals surface area contributed by atoms with Crippen LogP contribution in [0.3, 0.4) is 0 Å². The van der Waals surface area contributed by atoms with E-state index in [0.717, 1.165) is 12.8 Å². The van der Waals surface area contributed by atoms with Crippen LogP contribution in [0.4, 0.5) is 0 Å². The Kier molecular flexibility index (Phi) is 15.9. The Bertz CT molecular complexity index is 374. The average molecular weight is 401 g/mol. The molecule has 0 aromatic heterocycles. The molecule has 0 saturated carbocycles. The third kappa shape index (κ3) is 11.5. The van der Waals surface area contributed by atoms with Gasteiger partial charge in [0.1, 0.15) is 24.4 Å². The van der Waals surface area contributed by atoms with Crippen molar-refractivity contribution >= 4 is 0 Å². The summed E-state index contributed by atoms with van der Waals surface area (Å²) in [6.07, 6.45) is 17.8. The van der Waals surface area contributed by atoms with Crippen LogP contribution in [0.2, 0.25) is 0 Å². The van der Waals surface area contributed by atoms with Crippen LogP contribution in [0, 0.1) is 0 Å². The normalized spacial score (nSPS) is 25.6. The molecule has 1 saturated heterocycles. The highest BCUT2D eigenvalue weighted by molar-refractivity contribution is 4.87. The van der Waals surface area contributed by atoms with E-state index in [9.17, 15) is 10.2 Å². The van der Waals surface area contributed by atoms with E-state index >= 15 is 0 Å². The van der Waals surface area contributed by atoms with Crippen molar-refractivity contribution in [1.29, 1.82) is 0 Å². The van der Waals surface area contributed by atoms with Gasteiger partial charge < -0.3 is 24.8 Å². The number of rotatable bonds is 17. The number of aliphatic hydroxyl groups excluding tert-OH is 3. The first-order chi connectivity index (χ1) is 13.7. The number of unbranched alkanes of at least 4 members (excludes halogenated alkanes) is 11. The zero-order chi connectivity index (χ0) is 20.5. The Balaban J connectivity index is 1.84. The molecular weight excluding hydrogens is 356 g/mol. The Morgan fingerprint density at radius 2 is 1.39 bits per heavy atom. The molecule has 1 heterocycles. The van der Waals surface area contributed by atoms with Gasteiger partial charge in [-0.1, -0.05) is 76.9 Å².